The number of hydrogen-bond donors (Lipinski definition) is 1. The first-order valence-corrected chi connectivity index (χ1v) is 8.62. The van der Waals surface area contributed by atoms with Crippen molar-refractivity contribution in [2.45, 2.75) is 46.3 Å². The summed E-state index contributed by atoms with van der Waals surface area (Å²) in [5.74, 6) is 1.30. The molecule has 0 saturated carbocycles. The lowest BCUT2D eigenvalue weighted by atomic mass is 10.0. The van der Waals surface area contributed by atoms with Crippen LogP contribution in [0.1, 0.15) is 43.0 Å². The van der Waals surface area contributed by atoms with E-state index in [9.17, 15) is 4.79 Å². The summed E-state index contributed by atoms with van der Waals surface area (Å²) in [6.45, 7) is 8.09. The number of amides is 1. The van der Waals surface area contributed by atoms with Gasteiger partial charge in [0.25, 0.3) is 5.91 Å². The monoisotopic (exact) mass is 341 g/mol. The van der Waals surface area contributed by atoms with Gasteiger partial charge in [-0.1, -0.05) is 25.1 Å². The quantitative estimate of drug-likeness (QED) is 0.814. The first-order chi connectivity index (χ1) is 11.9. The number of carbonyl (C=O) groups excluding carboxylic acids is 1. The summed E-state index contributed by atoms with van der Waals surface area (Å²) in [5.41, 5.74) is 3.56. The largest absolute Gasteiger partial charge is 0.497 e. The average molecular weight is 341 g/mol. The summed E-state index contributed by atoms with van der Waals surface area (Å²) in [6.07, 6.45) is 0.0692. The predicted molar refractivity (Wildman–Crippen MR) is 100 cm³/mol. The highest BCUT2D eigenvalue weighted by atomic mass is 16.5. The Bertz CT molecular complexity index is 710. The Morgan fingerprint density at radius 3 is 2.24 bits per heavy atom. The van der Waals surface area contributed by atoms with Crippen molar-refractivity contribution in [1.82, 2.24) is 5.32 Å². The molecule has 25 heavy (non-hydrogen) atoms. The fourth-order valence-corrected chi connectivity index (χ4v) is 2.56. The summed E-state index contributed by atoms with van der Waals surface area (Å²) in [5, 5.41) is 3.05. The molecule has 0 heterocycles. The molecule has 2 rings (SSSR count). The number of aryl methyl sites for hydroxylation is 2. The number of nitrogens with one attached hydrogen (secondary N) is 1. The van der Waals surface area contributed by atoms with Gasteiger partial charge in [0.2, 0.25) is 0 Å². The van der Waals surface area contributed by atoms with Gasteiger partial charge in [-0.15, -0.1) is 0 Å². The maximum atomic E-state index is 12.6. The van der Waals surface area contributed by atoms with Crippen molar-refractivity contribution in [2.75, 3.05) is 7.11 Å². The number of ether oxygens (including phenoxy) is 2. The zero-order valence-corrected chi connectivity index (χ0v) is 15.6. The molecule has 1 N–H and O–H groups in total. The molecule has 0 aliphatic rings. The molecule has 4 nitrogen and oxygen atoms in total. The summed E-state index contributed by atoms with van der Waals surface area (Å²) in [6, 6.07) is 13.4. The van der Waals surface area contributed by atoms with E-state index >= 15 is 0 Å². The van der Waals surface area contributed by atoms with Crippen LogP contribution in [0.2, 0.25) is 0 Å². The van der Waals surface area contributed by atoms with Gasteiger partial charge in [-0.3, -0.25) is 4.79 Å². The number of rotatable bonds is 7. The van der Waals surface area contributed by atoms with E-state index in [2.05, 4.69) is 37.4 Å². The lowest BCUT2D eigenvalue weighted by molar-refractivity contribution is -0.128. The standard InChI is InChI=1S/C21H27NO3/c1-6-20(25-19-11-9-18(24-5)10-12-19)21(23)22-16(4)17-8-7-14(2)15(3)13-17/h7-13,16,20H,6H2,1-5H3,(H,22,23)/t16-,20-/m0/s1. The van der Waals surface area contributed by atoms with Crippen LogP contribution in [-0.4, -0.2) is 19.1 Å². The highest BCUT2D eigenvalue weighted by Gasteiger charge is 2.21. The Balaban J connectivity index is 2.01. The first kappa shape index (κ1) is 18.8. The van der Waals surface area contributed by atoms with Crippen LogP contribution < -0.4 is 14.8 Å². The molecule has 0 aliphatic carbocycles. The van der Waals surface area contributed by atoms with Crippen molar-refractivity contribution in [3.63, 3.8) is 0 Å². The number of methoxy groups -OCH3 is 1. The molecule has 0 aliphatic heterocycles. The van der Waals surface area contributed by atoms with Gasteiger partial charge in [0.05, 0.1) is 13.2 Å². The highest BCUT2D eigenvalue weighted by molar-refractivity contribution is 5.81. The molecule has 2 aromatic carbocycles. The molecule has 0 saturated heterocycles. The SMILES string of the molecule is CC[C@H](Oc1ccc(OC)cc1)C(=O)N[C@@H](C)c1ccc(C)c(C)c1. The minimum Gasteiger partial charge on any atom is -0.497 e. The van der Waals surface area contributed by atoms with E-state index < -0.39 is 6.10 Å². The van der Waals surface area contributed by atoms with E-state index in [1.54, 1.807) is 7.11 Å². The number of benzene rings is 2. The van der Waals surface area contributed by atoms with Crippen molar-refractivity contribution in [1.29, 1.82) is 0 Å². The van der Waals surface area contributed by atoms with Crippen LogP contribution in [0.25, 0.3) is 0 Å². The molecule has 1 amide bonds. The second-order valence-electron chi connectivity index (χ2n) is 6.26. The minimum atomic E-state index is -0.526. The van der Waals surface area contributed by atoms with E-state index in [1.807, 2.05) is 38.1 Å². The number of hydrogen-bond acceptors (Lipinski definition) is 3. The van der Waals surface area contributed by atoms with Gasteiger partial charge in [0, 0.05) is 0 Å². The summed E-state index contributed by atoms with van der Waals surface area (Å²) >= 11 is 0. The van der Waals surface area contributed by atoms with Crippen LogP contribution >= 0.6 is 0 Å². The van der Waals surface area contributed by atoms with Gasteiger partial charge >= 0.3 is 0 Å². The molecule has 0 fully saturated rings. The maximum absolute atomic E-state index is 12.6. The molecule has 0 bridgehead atoms. The molecular formula is C21H27NO3. The molecular weight excluding hydrogens is 314 g/mol. The molecule has 0 aromatic heterocycles. The van der Waals surface area contributed by atoms with E-state index in [-0.39, 0.29) is 11.9 Å². The zero-order valence-electron chi connectivity index (χ0n) is 15.6. The van der Waals surface area contributed by atoms with Crippen molar-refractivity contribution < 1.29 is 14.3 Å². The topological polar surface area (TPSA) is 47.6 Å². The molecule has 2 atom stereocenters. The van der Waals surface area contributed by atoms with Crippen LogP contribution in [0.4, 0.5) is 0 Å². The van der Waals surface area contributed by atoms with E-state index in [0.29, 0.717) is 12.2 Å². The molecule has 2 aromatic rings. The normalized spacial score (nSPS) is 13.0. The summed E-state index contributed by atoms with van der Waals surface area (Å²) in [7, 11) is 1.62. The van der Waals surface area contributed by atoms with Gasteiger partial charge in [-0.25, -0.2) is 0 Å². The maximum Gasteiger partial charge on any atom is 0.261 e. The van der Waals surface area contributed by atoms with E-state index in [4.69, 9.17) is 9.47 Å². The van der Waals surface area contributed by atoms with Crippen molar-refractivity contribution in [3.8, 4) is 11.5 Å². The van der Waals surface area contributed by atoms with Gasteiger partial charge in [0.1, 0.15) is 11.5 Å². The van der Waals surface area contributed by atoms with Crippen LogP contribution in [0.15, 0.2) is 42.5 Å². The average Bonchev–Trinajstić information content (AvgIpc) is 2.62. The van der Waals surface area contributed by atoms with Gasteiger partial charge in [-0.05, 0) is 68.1 Å². The van der Waals surface area contributed by atoms with Crippen LogP contribution in [0.5, 0.6) is 11.5 Å². The lowest BCUT2D eigenvalue weighted by Gasteiger charge is -2.21. The fraction of sp³-hybridized carbons (Fsp3) is 0.381. The third kappa shape index (κ3) is 4.99. The Morgan fingerprint density at radius 1 is 1.04 bits per heavy atom. The highest BCUT2D eigenvalue weighted by Crippen LogP contribution is 2.20. The van der Waals surface area contributed by atoms with Crippen LogP contribution in [-0.2, 0) is 4.79 Å². The molecule has 0 unspecified atom stereocenters. The fourth-order valence-electron chi connectivity index (χ4n) is 2.56. The van der Waals surface area contributed by atoms with E-state index in [0.717, 1.165) is 11.3 Å². The van der Waals surface area contributed by atoms with E-state index in [1.165, 1.54) is 11.1 Å². The molecule has 0 spiro atoms. The van der Waals surface area contributed by atoms with Crippen LogP contribution in [0.3, 0.4) is 0 Å². The molecule has 134 valence electrons. The Kier molecular flexibility index (Phi) is 6.45. The smallest absolute Gasteiger partial charge is 0.261 e. The van der Waals surface area contributed by atoms with Crippen molar-refractivity contribution in [3.05, 3.63) is 59.2 Å². The lowest BCUT2D eigenvalue weighted by Crippen LogP contribution is -2.39. The second kappa shape index (κ2) is 8.56. The zero-order chi connectivity index (χ0) is 18.4. The molecule has 4 heteroatoms. The summed E-state index contributed by atoms with van der Waals surface area (Å²) in [4.78, 5) is 12.6. The summed E-state index contributed by atoms with van der Waals surface area (Å²) < 4.78 is 11.0. The Labute approximate surface area is 150 Å². The van der Waals surface area contributed by atoms with Gasteiger partial charge in [0.15, 0.2) is 6.10 Å². The third-order valence-corrected chi connectivity index (χ3v) is 4.39. The molecule has 0 radical (unpaired) electrons. The van der Waals surface area contributed by atoms with Crippen molar-refractivity contribution >= 4 is 5.91 Å². The minimum absolute atomic E-state index is 0.0692. The number of carbonyl (C=O) groups is 1. The Morgan fingerprint density at radius 2 is 1.68 bits per heavy atom. The Hall–Kier alpha value is -2.49. The van der Waals surface area contributed by atoms with Gasteiger partial charge in [-0.2, -0.15) is 0 Å². The third-order valence-electron chi connectivity index (χ3n) is 4.39. The van der Waals surface area contributed by atoms with Crippen molar-refractivity contribution in [2.24, 2.45) is 0 Å². The first-order valence-electron chi connectivity index (χ1n) is 8.62. The van der Waals surface area contributed by atoms with Crippen LogP contribution in [0, 0.1) is 13.8 Å². The predicted octanol–water partition coefficient (Wildman–Crippen LogP) is 4.35. The van der Waals surface area contributed by atoms with Gasteiger partial charge < -0.3 is 14.8 Å². The second-order valence-corrected chi connectivity index (χ2v) is 6.26.